The minimum atomic E-state index is -2.88. The van der Waals surface area contributed by atoms with E-state index in [4.69, 9.17) is 0 Å². The lowest BCUT2D eigenvalue weighted by atomic mass is 9.83. The third-order valence-corrected chi connectivity index (χ3v) is 6.41. The van der Waals surface area contributed by atoms with Crippen LogP contribution in [-0.4, -0.2) is 32.5 Å². The molecule has 0 radical (unpaired) electrons. The summed E-state index contributed by atoms with van der Waals surface area (Å²) in [5, 5.41) is 3.10. The zero-order chi connectivity index (χ0) is 12.9. The van der Waals surface area contributed by atoms with Crippen molar-refractivity contribution in [1.82, 2.24) is 5.32 Å². The van der Waals surface area contributed by atoms with Crippen LogP contribution in [0, 0.1) is 5.41 Å². The molecule has 0 spiro atoms. The second kappa shape index (κ2) is 6.19. The second-order valence-electron chi connectivity index (χ2n) is 5.65. The maximum Gasteiger partial charge on any atom is 0.153 e. The molecule has 0 aromatic heterocycles. The van der Waals surface area contributed by atoms with Crippen molar-refractivity contribution in [2.45, 2.75) is 58.1 Å². The van der Waals surface area contributed by atoms with E-state index in [0.717, 1.165) is 6.54 Å². The molecule has 3 nitrogen and oxygen atoms in total. The van der Waals surface area contributed by atoms with Crippen LogP contribution in [0.5, 0.6) is 0 Å². The molecule has 1 aliphatic rings. The third kappa shape index (κ3) is 4.25. The van der Waals surface area contributed by atoms with Crippen molar-refractivity contribution in [2.75, 3.05) is 18.8 Å². The largest absolute Gasteiger partial charge is 0.315 e. The Labute approximate surface area is 106 Å². The van der Waals surface area contributed by atoms with Crippen LogP contribution in [0.3, 0.4) is 0 Å². The minimum absolute atomic E-state index is 0.254. The van der Waals surface area contributed by atoms with E-state index >= 15 is 0 Å². The predicted octanol–water partition coefficient (Wildman–Crippen LogP) is 2.37. The number of hydrogen-bond donors (Lipinski definition) is 1. The summed E-state index contributed by atoms with van der Waals surface area (Å²) >= 11 is 0. The molecule has 4 heteroatoms. The SMILES string of the molecule is CCC1(CNCCS(=O)(=O)C(C)C)CCCC1. The van der Waals surface area contributed by atoms with Crippen molar-refractivity contribution >= 4 is 9.84 Å². The summed E-state index contributed by atoms with van der Waals surface area (Å²) in [4.78, 5) is 0. The van der Waals surface area contributed by atoms with Crippen molar-refractivity contribution in [1.29, 1.82) is 0 Å². The van der Waals surface area contributed by atoms with Crippen molar-refractivity contribution in [2.24, 2.45) is 5.41 Å². The summed E-state index contributed by atoms with van der Waals surface area (Å²) in [6.07, 6.45) is 6.47. The standard InChI is InChI=1S/C13H27NO2S/c1-4-13(7-5-6-8-13)11-14-9-10-17(15,16)12(2)3/h12,14H,4-11H2,1-3H3. The van der Waals surface area contributed by atoms with Gasteiger partial charge in [-0.05, 0) is 38.5 Å². The fraction of sp³-hybridized carbons (Fsp3) is 1.00. The van der Waals surface area contributed by atoms with Gasteiger partial charge in [-0.1, -0.05) is 19.8 Å². The van der Waals surface area contributed by atoms with Crippen LogP contribution < -0.4 is 5.32 Å². The van der Waals surface area contributed by atoms with Crippen molar-refractivity contribution in [3.05, 3.63) is 0 Å². The molecular weight excluding hydrogens is 234 g/mol. The molecular formula is C13H27NO2S. The van der Waals surface area contributed by atoms with E-state index in [1.807, 2.05) is 0 Å². The second-order valence-corrected chi connectivity index (χ2v) is 8.33. The lowest BCUT2D eigenvalue weighted by molar-refractivity contribution is 0.271. The Morgan fingerprint density at radius 1 is 1.24 bits per heavy atom. The first-order valence-electron chi connectivity index (χ1n) is 6.84. The van der Waals surface area contributed by atoms with Gasteiger partial charge in [0.25, 0.3) is 0 Å². The van der Waals surface area contributed by atoms with Gasteiger partial charge in [0.15, 0.2) is 9.84 Å². The number of nitrogens with one attached hydrogen (secondary N) is 1. The molecule has 102 valence electrons. The summed E-state index contributed by atoms with van der Waals surface area (Å²) in [6, 6.07) is 0. The van der Waals surface area contributed by atoms with Gasteiger partial charge in [-0.2, -0.15) is 0 Å². The molecule has 0 aromatic rings. The highest BCUT2D eigenvalue weighted by Crippen LogP contribution is 2.40. The fourth-order valence-electron chi connectivity index (χ4n) is 2.58. The van der Waals surface area contributed by atoms with E-state index in [9.17, 15) is 8.42 Å². The van der Waals surface area contributed by atoms with E-state index in [1.165, 1.54) is 32.1 Å². The Kier molecular flexibility index (Phi) is 5.45. The molecule has 0 amide bonds. The summed E-state index contributed by atoms with van der Waals surface area (Å²) in [6.45, 7) is 7.33. The fourth-order valence-corrected chi connectivity index (χ4v) is 3.48. The van der Waals surface area contributed by atoms with Gasteiger partial charge in [0, 0.05) is 13.1 Å². The molecule has 0 bridgehead atoms. The van der Waals surface area contributed by atoms with Crippen molar-refractivity contribution in [3.8, 4) is 0 Å². The highest BCUT2D eigenvalue weighted by atomic mass is 32.2. The lowest BCUT2D eigenvalue weighted by Crippen LogP contribution is -2.35. The van der Waals surface area contributed by atoms with Gasteiger partial charge >= 0.3 is 0 Å². The highest BCUT2D eigenvalue weighted by Gasteiger charge is 2.31. The van der Waals surface area contributed by atoms with Crippen LogP contribution >= 0.6 is 0 Å². The molecule has 0 saturated heterocycles. The first kappa shape index (κ1) is 15.0. The molecule has 17 heavy (non-hydrogen) atoms. The summed E-state index contributed by atoms with van der Waals surface area (Å²) in [5.74, 6) is 0.268. The van der Waals surface area contributed by atoms with Crippen LogP contribution in [-0.2, 0) is 9.84 Å². The van der Waals surface area contributed by atoms with Gasteiger partial charge in [0.2, 0.25) is 0 Å². The van der Waals surface area contributed by atoms with Crippen LogP contribution in [0.2, 0.25) is 0 Å². The van der Waals surface area contributed by atoms with Gasteiger partial charge in [0.05, 0.1) is 11.0 Å². The van der Waals surface area contributed by atoms with Gasteiger partial charge in [0.1, 0.15) is 0 Å². The molecule has 1 fully saturated rings. The Balaban J connectivity index is 2.28. The van der Waals surface area contributed by atoms with Gasteiger partial charge in [-0.3, -0.25) is 0 Å². The van der Waals surface area contributed by atoms with Crippen LogP contribution in [0.15, 0.2) is 0 Å². The average molecular weight is 261 g/mol. The maximum atomic E-state index is 11.6. The lowest BCUT2D eigenvalue weighted by Gasteiger charge is -2.27. The Morgan fingerprint density at radius 2 is 1.82 bits per heavy atom. The van der Waals surface area contributed by atoms with Crippen LogP contribution in [0.4, 0.5) is 0 Å². The average Bonchev–Trinajstić information content (AvgIpc) is 2.74. The Morgan fingerprint density at radius 3 is 2.29 bits per heavy atom. The molecule has 0 aliphatic heterocycles. The smallest absolute Gasteiger partial charge is 0.153 e. The Bertz CT molecular complexity index is 316. The topological polar surface area (TPSA) is 46.2 Å². The van der Waals surface area contributed by atoms with Crippen LogP contribution in [0.25, 0.3) is 0 Å². The number of hydrogen-bond acceptors (Lipinski definition) is 3. The number of sulfone groups is 1. The molecule has 1 rings (SSSR count). The molecule has 0 unspecified atom stereocenters. The Hall–Kier alpha value is -0.0900. The molecule has 0 atom stereocenters. The molecule has 1 N–H and O–H groups in total. The zero-order valence-electron chi connectivity index (χ0n) is 11.5. The summed E-state index contributed by atoms with van der Waals surface area (Å²) < 4.78 is 23.3. The number of rotatable bonds is 7. The molecule has 1 aliphatic carbocycles. The molecule has 1 saturated carbocycles. The molecule has 0 heterocycles. The highest BCUT2D eigenvalue weighted by molar-refractivity contribution is 7.92. The van der Waals surface area contributed by atoms with E-state index < -0.39 is 9.84 Å². The van der Waals surface area contributed by atoms with E-state index in [0.29, 0.717) is 12.0 Å². The van der Waals surface area contributed by atoms with E-state index in [1.54, 1.807) is 13.8 Å². The third-order valence-electron chi connectivity index (χ3n) is 4.20. The predicted molar refractivity (Wildman–Crippen MR) is 73.0 cm³/mol. The minimum Gasteiger partial charge on any atom is -0.315 e. The van der Waals surface area contributed by atoms with Gasteiger partial charge in [-0.25, -0.2) is 8.42 Å². The zero-order valence-corrected chi connectivity index (χ0v) is 12.3. The quantitative estimate of drug-likeness (QED) is 0.716. The van der Waals surface area contributed by atoms with E-state index in [2.05, 4.69) is 12.2 Å². The normalized spacial score (nSPS) is 20.0. The van der Waals surface area contributed by atoms with Gasteiger partial charge in [-0.15, -0.1) is 0 Å². The van der Waals surface area contributed by atoms with Crippen LogP contribution in [0.1, 0.15) is 52.9 Å². The van der Waals surface area contributed by atoms with Gasteiger partial charge < -0.3 is 5.32 Å². The first-order chi connectivity index (χ1) is 7.92. The monoisotopic (exact) mass is 261 g/mol. The first-order valence-corrected chi connectivity index (χ1v) is 8.56. The molecule has 0 aromatic carbocycles. The summed E-state index contributed by atoms with van der Waals surface area (Å²) in [7, 11) is -2.88. The van der Waals surface area contributed by atoms with Crippen molar-refractivity contribution < 1.29 is 8.42 Å². The summed E-state index contributed by atoms with van der Waals surface area (Å²) in [5.41, 5.74) is 0.446. The van der Waals surface area contributed by atoms with E-state index in [-0.39, 0.29) is 11.0 Å². The maximum absolute atomic E-state index is 11.6. The van der Waals surface area contributed by atoms with Crippen molar-refractivity contribution in [3.63, 3.8) is 0 Å².